The number of hydrogen-bond acceptors (Lipinski definition) is 5. The van der Waals surface area contributed by atoms with E-state index in [-0.39, 0.29) is 26.8 Å². The molecule has 4 aromatic rings. The van der Waals surface area contributed by atoms with Gasteiger partial charge in [-0.05, 0) is 36.4 Å². The van der Waals surface area contributed by atoms with Gasteiger partial charge in [-0.25, -0.2) is 22.2 Å². The summed E-state index contributed by atoms with van der Waals surface area (Å²) < 4.78 is 54.4. The number of nitrogens with zero attached hydrogens (tertiary/aromatic N) is 1. The number of carbonyl (C=O) groups excluding carboxylic acids is 1. The molecule has 0 saturated carbocycles. The standard InChI is InChI=1S/C20H13F2N3O3S2/c21-15-10-17-18(11-16(15)22)29-20(23-17)24-19(26)12-5-4-6-13(9-12)25-30(27,28)14-7-2-1-3-8-14/h1-11,25H,(H,23,24,26). The highest BCUT2D eigenvalue weighted by atomic mass is 32.2. The van der Waals surface area contributed by atoms with E-state index < -0.39 is 27.6 Å². The number of fused-ring (bicyclic) bond motifs is 1. The lowest BCUT2D eigenvalue weighted by molar-refractivity contribution is 0.102. The van der Waals surface area contributed by atoms with Crippen molar-refractivity contribution in [2.45, 2.75) is 4.90 Å². The van der Waals surface area contributed by atoms with Gasteiger partial charge in [0.05, 0.1) is 15.1 Å². The highest BCUT2D eigenvalue weighted by molar-refractivity contribution is 7.92. The SMILES string of the molecule is O=C(Nc1nc2cc(F)c(F)cc2s1)c1cccc(NS(=O)(=O)c2ccccc2)c1. The Hall–Kier alpha value is -3.37. The van der Waals surface area contributed by atoms with Gasteiger partial charge >= 0.3 is 0 Å². The minimum Gasteiger partial charge on any atom is -0.298 e. The van der Waals surface area contributed by atoms with Crippen molar-refractivity contribution in [3.8, 4) is 0 Å². The number of benzene rings is 3. The summed E-state index contributed by atoms with van der Waals surface area (Å²) in [5.74, 6) is -2.57. The van der Waals surface area contributed by atoms with Crippen molar-refractivity contribution in [2.75, 3.05) is 10.0 Å². The first-order valence-corrected chi connectivity index (χ1v) is 10.9. The maximum atomic E-state index is 13.3. The zero-order valence-corrected chi connectivity index (χ0v) is 16.7. The third-order valence-corrected chi connectivity index (χ3v) is 6.41. The van der Waals surface area contributed by atoms with Gasteiger partial charge in [-0.1, -0.05) is 35.6 Å². The summed E-state index contributed by atoms with van der Waals surface area (Å²) in [5.41, 5.74) is 0.610. The van der Waals surface area contributed by atoms with Crippen LogP contribution in [0.15, 0.2) is 71.6 Å². The molecule has 0 radical (unpaired) electrons. The Morgan fingerprint density at radius 2 is 1.67 bits per heavy atom. The number of rotatable bonds is 5. The van der Waals surface area contributed by atoms with Gasteiger partial charge in [0.1, 0.15) is 0 Å². The van der Waals surface area contributed by atoms with E-state index in [4.69, 9.17) is 0 Å². The van der Waals surface area contributed by atoms with Gasteiger partial charge in [-0.2, -0.15) is 0 Å². The van der Waals surface area contributed by atoms with Crippen LogP contribution in [0.4, 0.5) is 19.6 Å². The maximum Gasteiger partial charge on any atom is 0.261 e. The number of carbonyl (C=O) groups is 1. The zero-order valence-electron chi connectivity index (χ0n) is 15.1. The van der Waals surface area contributed by atoms with E-state index in [1.165, 1.54) is 36.4 Å². The van der Waals surface area contributed by atoms with Gasteiger partial charge in [0.2, 0.25) is 0 Å². The summed E-state index contributed by atoms with van der Waals surface area (Å²) >= 11 is 0.993. The monoisotopic (exact) mass is 445 g/mol. The molecule has 10 heteroatoms. The highest BCUT2D eigenvalue weighted by Gasteiger charge is 2.16. The molecule has 0 aliphatic heterocycles. The van der Waals surface area contributed by atoms with Crippen molar-refractivity contribution >= 4 is 48.3 Å². The Labute approximate surface area is 174 Å². The molecule has 0 fully saturated rings. The number of nitrogens with one attached hydrogen (secondary N) is 2. The Balaban J connectivity index is 1.54. The summed E-state index contributed by atoms with van der Waals surface area (Å²) in [7, 11) is -3.80. The zero-order chi connectivity index (χ0) is 21.3. The number of thiazole rings is 1. The molecule has 4 rings (SSSR count). The van der Waals surface area contributed by atoms with Crippen LogP contribution in [0.2, 0.25) is 0 Å². The minimum atomic E-state index is -3.80. The van der Waals surface area contributed by atoms with Crippen LogP contribution in [0.3, 0.4) is 0 Å². The Morgan fingerprint density at radius 3 is 2.43 bits per heavy atom. The molecule has 0 aliphatic rings. The second-order valence-electron chi connectivity index (χ2n) is 6.21. The van der Waals surface area contributed by atoms with E-state index in [1.807, 2.05) is 0 Å². The molecule has 0 spiro atoms. The minimum absolute atomic E-state index is 0.0915. The van der Waals surface area contributed by atoms with Crippen molar-refractivity contribution in [2.24, 2.45) is 0 Å². The van der Waals surface area contributed by atoms with E-state index in [0.717, 1.165) is 23.5 Å². The molecule has 2 N–H and O–H groups in total. The lowest BCUT2D eigenvalue weighted by Gasteiger charge is -2.09. The predicted octanol–water partition coefficient (Wildman–Crippen LogP) is 4.63. The fraction of sp³-hybridized carbons (Fsp3) is 0. The average molecular weight is 445 g/mol. The highest BCUT2D eigenvalue weighted by Crippen LogP contribution is 2.28. The number of aromatic nitrogens is 1. The van der Waals surface area contributed by atoms with E-state index in [0.29, 0.717) is 4.70 Å². The normalized spacial score (nSPS) is 11.4. The Bertz CT molecular complexity index is 1320. The van der Waals surface area contributed by atoms with E-state index in [2.05, 4.69) is 15.0 Å². The van der Waals surface area contributed by atoms with Crippen LogP contribution in [-0.4, -0.2) is 19.3 Å². The van der Waals surface area contributed by atoms with Gasteiger partial charge < -0.3 is 0 Å². The van der Waals surface area contributed by atoms with Crippen LogP contribution in [0, 0.1) is 11.6 Å². The van der Waals surface area contributed by atoms with Gasteiger partial charge in [0.25, 0.3) is 15.9 Å². The molecule has 3 aromatic carbocycles. The summed E-state index contributed by atoms with van der Waals surface area (Å²) in [6.45, 7) is 0. The number of halogens is 2. The number of sulfonamides is 1. The average Bonchev–Trinajstić information content (AvgIpc) is 3.09. The van der Waals surface area contributed by atoms with Crippen molar-refractivity contribution in [3.63, 3.8) is 0 Å². The molecule has 6 nitrogen and oxygen atoms in total. The van der Waals surface area contributed by atoms with Crippen molar-refractivity contribution in [1.29, 1.82) is 0 Å². The summed E-state index contributed by atoms with van der Waals surface area (Å²) in [6, 6.07) is 15.7. The molecule has 0 unspecified atom stereocenters. The van der Waals surface area contributed by atoms with Crippen LogP contribution in [0.25, 0.3) is 10.2 Å². The fourth-order valence-corrected chi connectivity index (χ4v) is 4.62. The first-order chi connectivity index (χ1) is 14.3. The van der Waals surface area contributed by atoms with Crippen molar-refractivity contribution < 1.29 is 22.0 Å². The third kappa shape index (κ3) is 4.14. The van der Waals surface area contributed by atoms with Crippen LogP contribution < -0.4 is 10.0 Å². The molecule has 1 aromatic heterocycles. The molecular formula is C20H13F2N3O3S2. The predicted molar refractivity (Wildman–Crippen MR) is 111 cm³/mol. The Kier molecular flexibility index (Phi) is 5.18. The van der Waals surface area contributed by atoms with E-state index in [9.17, 15) is 22.0 Å². The first-order valence-electron chi connectivity index (χ1n) is 8.57. The summed E-state index contributed by atoms with van der Waals surface area (Å²) in [6.07, 6.45) is 0. The molecule has 152 valence electrons. The number of amides is 1. The second kappa shape index (κ2) is 7.81. The van der Waals surface area contributed by atoms with Crippen LogP contribution in [0.1, 0.15) is 10.4 Å². The van der Waals surface area contributed by atoms with E-state index >= 15 is 0 Å². The maximum absolute atomic E-state index is 13.3. The molecule has 30 heavy (non-hydrogen) atoms. The number of anilines is 2. The lowest BCUT2D eigenvalue weighted by Crippen LogP contribution is -2.15. The fourth-order valence-electron chi connectivity index (χ4n) is 2.68. The molecule has 0 atom stereocenters. The number of hydrogen-bond donors (Lipinski definition) is 2. The molecule has 0 aliphatic carbocycles. The van der Waals surface area contributed by atoms with Crippen LogP contribution in [0.5, 0.6) is 0 Å². The smallest absolute Gasteiger partial charge is 0.261 e. The molecule has 1 amide bonds. The van der Waals surface area contributed by atoms with Gasteiger partial charge in [0, 0.05) is 17.3 Å². The molecule has 0 bridgehead atoms. The summed E-state index contributed by atoms with van der Waals surface area (Å²) in [5, 5.41) is 2.72. The van der Waals surface area contributed by atoms with Crippen molar-refractivity contribution in [1.82, 2.24) is 4.98 Å². The van der Waals surface area contributed by atoms with Crippen molar-refractivity contribution in [3.05, 3.63) is 83.9 Å². The largest absolute Gasteiger partial charge is 0.298 e. The molecular weight excluding hydrogens is 432 g/mol. The third-order valence-electron chi connectivity index (χ3n) is 4.08. The summed E-state index contributed by atoms with van der Waals surface area (Å²) in [4.78, 5) is 16.7. The van der Waals surface area contributed by atoms with Gasteiger partial charge in [-0.3, -0.25) is 14.8 Å². The Morgan fingerprint density at radius 1 is 0.933 bits per heavy atom. The second-order valence-corrected chi connectivity index (χ2v) is 8.92. The van der Waals surface area contributed by atoms with Crippen LogP contribution >= 0.6 is 11.3 Å². The molecule has 0 saturated heterocycles. The quantitative estimate of drug-likeness (QED) is 0.469. The van der Waals surface area contributed by atoms with E-state index in [1.54, 1.807) is 18.2 Å². The first kappa shape index (κ1) is 19.9. The topological polar surface area (TPSA) is 88.2 Å². The van der Waals surface area contributed by atoms with Gasteiger partial charge in [-0.15, -0.1) is 0 Å². The lowest BCUT2D eigenvalue weighted by atomic mass is 10.2. The van der Waals surface area contributed by atoms with Gasteiger partial charge in [0.15, 0.2) is 16.8 Å². The molecule has 1 heterocycles. The van der Waals surface area contributed by atoms with Crippen LogP contribution in [-0.2, 0) is 10.0 Å².